The number of rotatable bonds is 10. The summed E-state index contributed by atoms with van der Waals surface area (Å²) in [6, 6.07) is 27.3. The highest BCUT2D eigenvalue weighted by atomic mass is 35.5. The third kappa shape index (κ3) is 6.67. The molecule has 0 aliphatic carbocycles. The number of methoxy groups -OCH3 is 1. The van der Waals surface area contributed by atoms with Crippen LogP contribution in [0.5, 0.6) is 11.5 Å². The van der Waals surface area contributed by atoms with E-state index in [9.17, 15) is 19.5 Å². The molecular weight excluding hydrogens is 652 g/mol. The molecule has 0 radical (unpaired) electrons. The van der Waals surface area contributed by atoms with Gasteiger partial charge in [0, 0.05) is 10.6 Å². The van der Waals surface area contributed by atoms with Crippen LogP contribution in [-0.2, 0) is 16.1 Å². The standard InChI is InChI=1S/C37H29ClN2O7S/c1-3-46-36(44)31-32(24-9-5-4-6-10-24)39-37-40(33(31)25-13-15-27(38)16-14-25)34(41)30(48-37)20-22-12-17-28(29(19-22)45-2)47-21-23-8-7-11-26(18-23)35(42)43/h4-20,33H,3,21H2,1-2H3,(H,42,43)/b30-20-/t33-/m0/s1. The molecule has 1 aromatic heterocycles. The Balaban J connectivity index is 1.44. The van der Waals surface area contributed by atoms with E-state index in [4.69, 9.17) is 30.8 Å². The van der Waals surface area contributed by atoms with E-state index in [1.165, 1.54) is 29.1 Å². The van der Waals surface area contributed by atoms with Crippen molar-refractivity contribution in [3.05, 3.63) is 155 Å². The quantitative estimate of drug-likeness (QED) is 0.183. The van der Waals surface area contributed by atoms with Crippen LogP contribution in [0.4, 0.5) is 0 Å². The number of hydrogen-bond donors (Lipinski definition) is 1. The highest BCUT2D eigenvalue weighted by molar-refractivity contribution is 7.07. The number of aromatic carboxylic acids is 1. The van der Waals surface area contributed by atoms with Crippen molar-refractivity contribution in [3.8, 4) is 11.5 Å². The number of ether oxygens (including phenoxy) is 3. The molecule has 1 atom stereocenters. The van der Waals surface area contributed by atoms with E-state index in [0.29, 0.717) is 53.8 Å². The average molecular weight is 681 g/mol. The normalized spacial score (nSPS) is 14.2. The van der Waals surface area contributed by atoms with Crippen LogP contribution in [0.1, 0.15) is 45.6 Å². The van der Waals surface area contributed by atoms with Crippen molar-refractivity contribution in [3.63, 3.8) is 0 Å². The molecule has 4 aromatic carbocycles. The van der Waals surface area contributed by atoms with Crippen LogP contribution in [0.2, 0.25) is 5.02 Å². The van der Waals surface area contributed by atoms with Crippen LogP contribution in [0.15, 0.2) is 112 Å². The fourth-order valence-corrected chi connectivity index (χ4v) is 6.53. The van der Waals surface area contributed by atoms with Crippen molar-refractivity contribution in [1.29, 1.82) is 0 Å². The maximum atomic E-state index is 14.2. The summed E-state index contributed by atoms with van der Waals surface area (Å²) in [6.07, 6.45) is 1.74. The molecule has 1 aliphatic rings. The van der Waals surface area contributed by atoms with Gasteiger partial charge in [0.2, 0.25) is 0 Å². The molecule has 1 aliphatic heterocycles. The first-order valence-corrected chi connectivity index (χ1v) is 16.1. The lowest BCUT2D eigenvalue weighted by Gasteiger charge is -2.25. The number of aromatic nitrogens is 1. The molecule has 1 N–H and O–H groups in total. The number of carboxylic acid groups (broad SMARTS) is 1. The maximum absolute atomic E-state index is 14.2. The van der Waals surface area contributed by atoms with Crippen LogP contribution in [-0.4, -0.2) is 35.3 Å². The lowest BCUT2D eigenvalue weighted by molar-refractivity contribution is -0.138. The van der Waals surface area contributed by atoms with Crippen LogP contribution >= 0.6 is 22.9 Å². The van der Waals surface area contributed by atoms with Gasteiger partial charge in [0.05, 0.1) is 41.1 Å². The Hall–Kier alpha value is -5.45. The Kier molecular flexibility index (Phi) is 9.56. The van der Waals surface area contributed by atoms with Crippen LogP contribution < -0.4 is 24.4 Å². The summed E-state index contributed by atoms with van der Waals surface area (Å²) in [6.45, 7) is 2.01. The van der Waals surface area contributed by atoms with E-state index in [0.717, 1.165) is 0 Å². The molecule has 5 aromatic rings. The van der Waals surface area contributed by atoms with Gasteiger partial charge in [0.25, 0.3) is 5.56 Å². The molecule has 9 nitrogen and oxygen atoms in total. The molecule has 6 rings (SSSR count). The minimum atomic E-state index is -1.02. The highest BCUT2D eigenvalue weighted by Gasteiger charge is 2.35. The molecule has 0 saturated heterocycles. The summed E-state index contributed by atoms with van der Waals surface area (Å²) >= 11 is 7.43. The minimum absolute atomic E-state index is 0.132. The molecule has 0 fully saturated rings. The lowest BCUT2D eigenvalue weighted by atomic mass is 9.93. The van der Waals surface area contributed by atoms with Gasteiger partial charge in [-0.05, 0) is 66.1 Å². The Bertz CT molecular complexity index is 2220. The first-order chi connectivity index (χ1) is 23.3. The topological polar surface area (TPSA) is 116 Å². The second-order valence-electron chi connectivity index (χ2n) is 10.7. The van der Waals surface area contributed by atoms with Crippen LogP contribution in [0.3, 0.4) is 0 Å². The van der Waals surface area contributed by atoms with E-state index in [-0.39, 0.29) is 29.9 Å². The van der Waals surface area contributed by atoms with Crippen molar-refractivity contribution in [1.82, 2.24) is 4.57 Å². The average Bonchev–Trinajstić information content (AvgIpc) is 3.41. The van der Waals surface area contributed by atoms with E-state index in [2.05, 4.69) is 0 Å². The number of nitrogens with zero attached hydrogens (tertiary/aromatic N) is 2. The maximum Gasteiger partial charge on any atom is 0.338 e. The third-order valence-electron chi connectivity index (χ3n) is 7.61. The zero-order valence-electron chi connectivity index (χ0n) is 25.9. The van der Waals surface area contributed by atoms with Gasteiger partial charge in [-0.2, -0.15) is 0 Å². The van der Waals surface area contributed by atoms with Gasteiger partial charge in [-0.15, -0.1) is 0 Å². The van der Waals surface area contributed by atoms with Crippen LogP contribution in [0.25, 0.3) is 11.8 Å². The Labute approximate surface area is 284 Å². The number of carboxylic acids is 1. The molecule has 242 valence electrons. The molecule has 48 heavy (non-hydrogen) atoms. The predicted molar refractivity (Wildman–Crippen MR) is 183 cm³/mol. The minimum Gasteiger partial charge on any atom is -0.493 e. The number of halogens is 1. The molecule has 0 spiro atoms. The summed E-state index contributed by atoms with van der Waals surface area (Å²) < 4.78 is 19.0. The summed E-state index contributed by atoms with van der Waals surface area (Å²) in [7, 11) is 1.51. The number of carbonyl (C=O) groups excluding carboxylic acids is 1. The number of hydrogen-bond acceptors (Lipinski definition) is 8. The molecule has 2 heterocycles. The second-order valence-corrected chi connectivity index (χ2v) is 12.1. The largest absolute Gasteiger partial charge is 0.493 e. The van der Waals surface area contributed by atoms with Crippen molar-refractivity contribution in [2.24, 2.45) is 4.99 Å². The zero-order valence-corrected chi connectivity index (χ0v) is 27.5. The first-order valence-electron chi connectivity index (χ1n) is 14.9. The summed E-state index contributed by atoms with van der Waals surface area (Å²) in [5, 5.41) is 9.81. The molecule has 0 amide bonds. The van der Waals surface area contributed by atoms with Crippen molar-refractivity contribution in [2.45, 2.75) is 19.6 Å². The molecule has 0 unspecified atom stereocenters. The Morgan fingerprint density at radius 1 is 0.979 bits per heavy atom. The monoisotopic (exact) mass is 680 g/mol. The fourth-order valence-electron chi connectivity index (χ4n) is 5.40. The van der Waals surface area contributed by atoms with Crippen molar-refractivity contribution < 1.29 is 28.9 Å². The zero-order chi connectivity index (χ0) is 33.8. The first kappa shape index (κ1) is 32.5. The van der Waals surface area contributed by atoms with Gasteiger partial charge in [-0.25, -0.2) is 14.6 Å². The number of carbonyl (C=O) groups is 2. The lowest BCUT2D eigenvalue weighted by Crippen LogP contribution is -2.40. The molecule has 11 heteroatoms. The van der Waals surface area contributed by atoms with Crippen molar-refractivity contribution >= 4 is 46.6 Å². The summed E-state index contributed by atoms with van der Waals surface area (Å²) in [4.78, 5) is 44.4. The van der Waals surface area contributed by atoms with E-state index in [1.54, 1.807) is 73.7 Å². The smallest absolute Gasteiger partial charge is 0.338 e. The fraction of sp³-hybridized carbons (Fsp3) is 0.135. The number of benzene rings is 4. The molecular formula is C37H29ClN2O7S. The van der Waals surface area contributed by atoms with Crippen molar-refractivity contribution in [2.75, 3.05) is 13.7 Å². The Morgan fingerprint density at radius 2 is 1.75 bits per heavy atom. The molecule has 0 saturated carbocycles. The summed E-state index contributed by atoms with van der Waals surface area (Å²) in [5.74, 6) is -0.701. The summed E-state index contributed by atoms with van der Waals surface area (Å²) in [5.41, 5.74) is 3.28. The van der Waals surface area contributed by atoms with Gasteiger partial charge in [0.1, 0.15) is 6.61 Å². The molecule has 0 bridgehead atoms. The Morgan fingerprint density at radius 3 is 2.46 bits per heavy atom. The van der Waals surface area contributed by atoms with Gasteiger partial charge >= 0.3 is 11.9 Å². The van der Waals surface area contributed by atoms with E-state index < -0.39 is 18.0 Å². The van der Waals surface area contributed by atoms with Gasteiger partial charge in [-0.3, -0.25) is 9.36 Å². The van der Waals surface area contributed by atoms with E-state index in [1.807, 2.05) is 30.3 Å². The van der Waals surface area contributed by atoms with Crippen LogP contribution in [0, 0.1) is 0 Å². The van der Waals surface area contributed by atoms with Gasteiger partial charge in [0.15, 0.2) is 16.3 Å². The number of thiazole rings is 1. The third-order valence-corrected chi connectivity index (χ3v) is 8.85. The highest BCUT2D eigenvalue weighted by Crippen LogP contribution is 2.35. The van der Waals surface area contributed by atoms with Gasteiger partial charge < -0.3 is 19.3 Å². The SMILES string of the molecule is CCOC(=O)C1=C(c2ccccc2)N=c2s/c(=C\c3ccc(OCc4cccc(C(=O)O)c4)c(OC)c3)c(=O)n2[C@H]1c1ccc(Cl)cc1. The number of esters is 1. The number of fused-ring (bicyclic) bond motifs is 1. The van der Waals surface area contributed by atoms with E-state index >= 15 is 0 Å². The van der Waals surface area contributed by atoms with Gasteiger partial charge in [-0.1, -0.05) is 83.6 Å². The predicted octanol–water partition coefficient (Wildman–Crippen LogP) is 5.87. The second kappa shape index (κ2) is 14.1.